The molecule has 0 aliphatic carbocycles. The van der Waals surface area contributed by atoms with Crippen molar-refractivity contribution in [3.8, 4) is 0 Å². The van der Waals surface area contributed by atoms with E-state index in [9.17, 15) is 0 Å². The smallest absolute Gasteiger partial charge is 0.396 e. The second-order valence-corrected chi connectivity index (χ2v) is 5.96. The monoisotopic (exact) mass is 364 g/mol. The Kier molecular flexibility index (Phi) is 19.7. The number of unbranched alkanes of at least 4 members (excludes halogenated alkanes) is 4. The summed E-state index contributed by atoms with van der Waals surface area (Å²) in [5.74, 6) is 0. The zero-order valence-corrected chi connectivity index (χ0v) is 14.9. The van der Waals surface area contributed by atoms with Gasteiger partial charge in [0.25, 0.3) is 0 Å². The molecule has 0 spiro atoms. The molecule has 6 heteroatoms. The third-order valence-electron chi connectivity index (χ3n) is 4.16. The van der Waals surface area contributed by atoms with Crippen LogP contribution in [-0.2, 0) is 16.5 Å². The molecule has 0 aliphatic heterocycles. The molecule has 0 heterocycles. The summed E-state index contributed by atoms with van der Waals surface area (Å²) in [5.41, 5.74) is 0. The van der Waals surface area contributed by atoms with Gasteiger partial charge in [0.1, 0.15) is 0 Å². The van der Waals surface area contributed by atoms with E-state index in [4.69, 9.17) is 20.4 Å². The number of aliphatic hydroxyl groups is 4. The maximum absolute atomic E-state index is 9.00. The van der Waals surface area contributed by atoms with Gasteiger partial charge in [0, 0.05) is 26.4 Å². The molecule has 0 aromatic rings. The summed E-state index contributed by atoms with van der Waals surface area (Å²) < 4.78 is 1.00. The molecular weight excluding hydrogens is 329 g/mol. The van der Waals surface area contributed by atoms with Crippen molar-refractivity contribution in [2.45, 2.75) is 51.4 Å². The minimum atomic E-state index is 0. The van der Waals surface area contributed by atoms with Crippen LogP contribution in [0.3, 0.4) is 0 Å². The van der Waals surface area contributed by atoms with Crippen LogP contribution in [0.4, 0.5) is 0 Å². The van der Waals surface area contributed by atoms with Gasteiger partial charge in [-0.3, -0.25) is 0 Å². The number of hydrogen-bond acceptors (Lipinski definition) is 4. The average molecular weight is 365 g/mol. The molecule has 136 valence electrons. The van der Waals surface area contributed by atoms with Gasteiger partial charge in [-0.1, -0.05) is 0 Å². The molecule has 0 rings (SSSR count). The molecule has 0 amide bonds. The van der Waals surface area contributed by atoms with E-state index in [1.54, 1.807) is 0 Å². The van der Waals surface area contributed by atoms with Crippen molar-refractivity contribution in [1.29, 1.82) is 0 Å². The van der Waals surface area contributed by atoms with Gasteiger partial charge in [0.05, 0.1) is 26.2 Å². The van der Waals surface area contributed by atoms with Crippen LogP contribution in [0.2, 0.25) is 0 Å². The molecule has 0 atom stereocenters. The van der Waals surface area contributed by atoms with Gasteiger partial charge < -0.3 is 24.9 Å². The molecule has 0 aliphatic rings. The molecule has 22 heavy (non-hydrogen) atoms. The van der Waals surface area contributed by atoms with Gasteiger partial charge in [-0.05, 0) is 51.4 Å². The van der Waals surface area contributed by atoms with Crippen LogP contribution in [-0.4, -0.2) is 77.5 Å². The van der Waals surface area contributed by atoms with Gasteiger partial charge >= 0.3 is 16.5 Å². The number of quaternary nitrogens is 1. The minimum Gasteiger partial charge on any atom is -0.396 e. The van der Waals surface area contributed by atoms with Crippen molar-refractivity contribution in [3.63, 3.8) is 0 Å². The first-order valence-electron chi connectivity index (χ1n) is 8.53. The first kappa shape index (κ1) is 24.5. The van der Waals surface area contributed by atoms with E-state index < -0.39 is 0 Å². The predicted molar refractivity (Wildman–Crippen MR) is 85.0 cm³/mol. The van der Waals surface area contributed by atoms with Crippen molar-refractivity contribution in [1.82, 2.24) is 0 Å². The standard InChI is InChI=1S/C16H36NO4.Ni/c18-13-5-1-9-17(10-2-6-14-19,11-3-7-15-20)12-4-8-16-21;/h18-21H,1-16H2;/q+1;+2. The maximum Gasteiger partial charge on any atom is 2.00 e. The Bertz CT molecular complexity index is 175. The average Bonchev–Trinajstić information content (AvgIpc) is 2.48. The first-order chi connectivity index (χ1) is 10.2. The second-order valence-electron chi connectivity index (χ2n) is 5.96. The molecule has 0 fully saturated rings. The first-order valence-corrected chi connectivity index (χ1v) is 8.53. The largest absolute Gasteiger partial charge is 2.00 e. The SMILES string of the molecule is OCCCC[N+](CCCCO)(CCCCO)CCCCO.[Ni+2]. The number of nitrogens with zero attached hydrogens (tertiary/aromatic N) is 1. The minimum absolute atomic E-state index is 0. The summed E-state index contributed by atoms with van der Waals surface area (Å²) in [4.78, 5) is 0. The van der Waals surface area contributed by atoms with Gasteiger partial charge in [0.2, 0.25) is 0 Å². The molecule has 4 N–H and O–H groups in total. The number of aliphatic hydroxyl groups excluding tert-OH is 4. The van der Waals surface area contributed by atoms with E-state index in [1.165, 1.54) is 0 Å². The number of hydrogen-bond donors (Lipinski definition) is 4. The van der Waals surface area contributed by atoms with Gasteiger partial charge in [0.15, 0.2) is 0 Å². The Labute approximate surface area is 145 Å². The normalized spacial score (nSPS) is 11.5. The summed E-state index contributed by atoms with van der Waals surface area (Å²) >= 11 is 0. The van der Waals surface area contributed by atoms with E-state index in [0.29, 0.717) is 0 Å². The topological polar surface area (TPSA) is 80.9 Å². The third kappa shape index (κ3) is 12.8. The Morgan fingerprint density at radius 1 is 0.409 bits per heavy atom. The predicted octanol–water partition coefficient (Wildman–Crippen LogP) is 0.891. The fourth-order valence-electron chi connectivity index (χ4n) is 2.91. The van der Waals surface area contributed by atoms with Gasteiger partial charge in [-0.25, -0.2) is 0 Å². The van der Waals surface area contributed by atoms with Crippen LogP contribution in [0.15, 0.2) is 0 Å². The molecule has 0 aromatic carbocycles. The molecule has 0 aromatic heterocycles. The Morgan fingerprint density at radius 2 is 0.636 bits per heavy atom. The van der Waals surface area contributed by atoms with Crippen molar-refractivity contribution in [2.75, 3.05) is 52.6 Å². The fraction of sp³-hybridized carbons (Fsp3) is 1.00. The van der Waals surface area contributed by atoms with E-state index >= 15 is 0 Å². The van der Waals surface area contributed by atoms with E-state index in [-0.39, 0.29) is 42.9 Å². The van der Waals surface area contributed by atoms with Crippen LogP contribution in [0, 0.1) is 0 Å². The summed E-state index contributed by atoms with van der Waals surface area (Å²) in [6.07, 6.45) is 7.36. The van der Waals surface area contributed by atoms with Crippen molar-refractivity contribution in [2.24, 2.45) is 0 Å². The zero-order valence-electron chi connectivity index (χ0n) is 13.9. The van der Waals surface area contributed by atoms with Crippen LogP contribution in [0.5, 0.6) is 0 Å². The van der Waals surface area contributed by atoms with Crippen LogP contribution < -0.4 is 0 Å². The van der Waals surface area contributed by atoms with Crippen molar-refractivity contribution >= 4 is 0 Å². The van der Waals surface area contributed by atoms with Gasteiger partial charge in [-0.2, -0.15) is 0 Å². The molecule has 5 nitrogen and oxygen atoms in total. The van der Waals surface area contributed by atoms with E-state index in [0.717, 1.165) is 82.0 Å². The Morgan fingerprint density at radius 3 is 0.818 bits per heavy atom. The molecule has 0 unspecified atom stereocenters. The molecular formula is C16H36NNiO4+3. The summed E-state index contributed by atoms with van der Waals surface area (Å²) in [6, 6.07) is 0. The summed E-state index contributed by atoms with van der Waals surface area (Å²) in [5, 5.41) is 36.0. The second kappa shape index (κ2) is 17.6. The van der Waals surface area contributed by atoms with Gasteiger partial charge in [-0.15, -0.1) is 0 Å². The zero-order chi connectivity index (χ0) is 15.8. The fourth-order valence-corrected chi connectivity index (χ4v) is 2.91. The Balaban J connectivity index is 0. The van der Waals surface area contributed by atoms with E-state index in [2.05, 4.69) is 0 Å². The van der Waals surface area contributed by atoms with Crippen molar-refractivity contribution < 1.29 is 41.4 Å². The quantitative estimate of drug-likeness (QED) is 0.186. The van der Waals surface area contributed by atoms with Crippen LogP contribution in [0.1, 0.15) is 51.4 Å². The third-order valence-corrected chi connectivity index (χ3v) is 4.16. The maximum atomic E-state index is 9.00. The van der Waals surface area contributed by atoms with E-state index in [1.807, 2.05) is 0 Å². The van der Waals surface area contributed by atoms with Crippen molar-refractivity contribution in [3.05, 3.63) is 0 Å². The summed E-state index contributed by atoms with van der Waals surface area (Å²) in [6.45, 7) is 5.14. The number of rotatable bonds is 16. The van der Waals surface area contributed by atoms with Crippen LogP contribution in [0.25, 0.3) is 0 Å². The molecule has 0 saturated carbocycles. The Hall–Kier alpha value is 0.294. The molecule has 0 bridgehead atoms. The molecule has 0 saturated heterocycles. The van der Waals surface area contributed by atoms with Crippen LogP contribution >= 0.6 is 0 Å². The molecule has 0 radical (unpaired) electrons. The summed E-state index contributed by atoms with van der Waals surface area (Å²) in [7, 11) is 0.